The average Bonchev–Trinajstić information content (AvgIpc) is 3.13. The second kappa shape index (κ2) is 14.8. The fourth-order valence-electron chi connectivity index (χ4n) is 6.77. The molecule has 0 bridgehead atoms. The first-order valence-electron chi connectivity index (χ1n) is 17.2. The summed E-state index contributed by atoms with van der Waals surface area (Å²) in [4.78, 5) is 53.2. The molecule has 4 aromatic rings. The fourth-order valence-corrected chi connectivity index (χ4v) is 6.77. The lowest BCUT2D eigenvalue weighted by Crippen LogP contribution is -2.44. The third-order valence-corrected chi connectivity index (χ3v) is 9.87. The van der Waals surface area contributed by atoms with Crippen molar-refractivity contribution in [2.24, 2.45) is 11.8 Å². The van der Waals surface area contributed by atoms with Crippen molar-refractivity contribution in [3.63, 3.8) is 0 Å². The maximum absolute atomic E-state index is 13.7. The molecule has 50 heavy (non-hydrogen) atoms. The first kappa shape index (κ1) is 34.1. The van der Waals surface area contributed by atoms with Crippen LogP contribution in [0, 0.1) is 11.8 Å². The van der Waals surface area contributed by atoms with Crippen LogP contribution in [0.3, 0.4) is 0 Å². The molecule has 4 aromatic carbocycles. The molecule has 0 aromatic heterocycles. The zero-order valence-electron chi connectivity index (χ0n) is 28.7. The minimum absolute atomic E-state index is 0.114. The summed E-state index contributed by atoms with van der Waals surface area (Å²) in [5.74, 6) is -0.711. The van der Waals surface area contributed by atoms with Gasteiger partial charge in [-0.05, 0) is 58.4 Å². The molecule has 2 heterocycles. The van der Waals surface area contributed by atoms with Crippen LogP contribution in [0.1, 0.15) is 72.4 Å². The van der Waals surface area contributed by atoms with Crippen LogP contribution >= 0.6 is 0 Å². The van der Waals surface area contributed by atoms with E-state index in [0.717, 1.165) is 46.2 Å². The van der Waals surface area contributed by atoms with E-state index < -0.39 is 0 Å². The van der Waals surface area contributed by atoms with Gasteiger partial charge in [-0.25, -0.2) is 0 Å². The minimum atomic E-state index is -0.327. The number of anilines is 2. The van der Waals surface area contributed by atoms with E-state index in [2.05, 4.69) is 49.0 Å². The van der Waals surface area contributed by atoms with Gasteiger partial charge in [-0.3, -0.25) is 19.2 Å². The summed E-state index contributed by atoms with van der Waals surface area (Å²) in [5.41, 5.74) is 6.72. The zero-order valence-corrected chi connectivity index (χ0v) is 28.7. The van der Waals surface area contributed by atoms with E-state index in [-0.39, 0.29) is 47.5 Å². The summed E-state index contributed by atoms with van der Waals surface area (Å²) < 4.78 is 0. The summed E-state index contributed by atoms with van der Waals surface area (Å²) >= 11 is 0. The number of amides is 4. The molecule has 4 unspecified atom stereocenters. The van der Waals surface area contributed by atoms with Crippen molar-refractivity contribution in [1.29, 1.82) is 0 Å². The van der Waals surface area contributed by atoms with Crippen LogP contribution in [0.15, 0.2) is 109 Å². The summed E-state index contributed by atoms with van der Waals surface area (Å²) in [5, 5.41) is 12.3. The highest BCUT2D eigenvalue weighted by molar-refractivity contribution is 6.13. The first-order chi connectivity index (χ1) is 24.2. The third-order valence-electron chi connectivity index (χ3n) is 9.87. The number of carbonyl (C=O) groups is 4. The van der Waals surface area contributed by atoms with Gasteiger partial charge in [0.2, 0.25) is 11.8 Å². The fraction of sp³-hybridized carbons (Fsp3) is 0.238. The second-order valence-electron chi connectivity index (χ2n) is 13.0. The summed E-state index contributed by atoms with van der Waals surface area (Å²) in [6.45, 7) is 8.26. The maximum atomic E-state index is 13.7. The van der Waals surface area contributed by atoms with Gasteiger partial charge in [0.15, 0.2) is 0 Å². The van der Waals surface area contributed by atoms with Crippen LogP contribution in [0.2, 0.25) is 0 Å². The predicted molar refractivity (Wildman–Crippen MR) is 199 cm³/mol. The van der Waals surface area contributed by atoms with Gasteiger partial charge in [0.1, 0.15) is 0 Å². The Hall–Kier alpha value is -5.76. The Kier molecular flexibility index (Phi) is 10.1. The highest BCUT2D eigenvalue weighted by atomic mass is 16.2. The maximum Gasteiger partial charge on any atom is 0.252 e. The Labute approximate surface area is 293 Å². The Balaban J connectivity index is 1.31. The SMILES string of the molecule is CCC(C)C1NC(=O)c2ccccc2C1=CC(=O)Nc1ccccc1-c1ccccc1NC(=O)C=C1c2ccccc2C(=O)NC1C(C)CC. The van der Waals surface area contributed by atoms with Gasteiger partial charge in [0, 0.05) is 45.8 Å². The standard InChI is InChI=1S/C42H42N4O4/c1-5-25(3)39-33(27-15-7-9-19-31(27)41(49)45-39)23-37(47)43-35-21-13-11-17-29(35)30-18-12-14-22-36(30)44-38(48)24-34-28-16-8-10-20-32(28)42(50)46-40(34)26(4)6-2/h7-26,39-40H,5-6H2,1-4H3,(H,43,47)(H,44,48)(H,45,49)(H,46,50). The monoisotopic (exact) mass is 666 g/mol. The predicted octanol–water partition coefficient (Wildman–Crippen LogP) is 7.71. The van der Waals surface area contributed by atoms with E-state index in [0.29, 0.717) is 22.5 Å². The molecule has 0 radical (unpaired) electrons. The highest BCUT2D eigenvalue weighted by Crippen LogP contribution is 2.36. The van der Waals surface area contributed by atoms with Crippen molar-refractivity contribution in [2.75, 3.05) is 10.6 Å². The lowest BCUT2D eigenvalue weighted by molar-refractivity contribution is -0.112. The molecule has 0 spiro atoms. The molecule has 4 amide bonds. The van der Waals surface area contributed by atoms with Gasteiger partial charge in [-0.2, -0.15) is 0 Å². The second-order valence-corrected chi connectivity index (χ2v) is 13.0. The molecular weight excluding hydrogens is 624 g/mol. The molecule has 6 rings (SSSR count). The number of benzene rings is 4. The Bertz CT molecular complexity index is 1880. The molecule has 0 saturated heterocycles. The lowest BCUT2D eigenvalue weighted by Gasteiger charge is -2.32. The van der Waals surface area contributed by atoms with Crippen molar-refractivity contribution < 1.29 is 19.2 Å². The number of nitrogens with one attached hydrogen (secondary N) is 4. The number of fused-ring (bicyclic) bond motifs is 2. The number of carbonyl (C=O) groups excluding carboxylic acids is 4. The van der Waals surface area contributed by atoms with Crippen LogP contribution in [-0.4, -0.2) is 35.7 Å². The molecule has 254 valence electrons. The largest absolute Gasteiger partial charge is 0.345 e. The van der Waals surface area contributed by atoms with Gasteiger partial charge < -0.3 is 21.3 Å². The van der Waals surface area contributed by atoms with Crippen molar-refractivity contribution in [1.82, 2.24) is 10.6 Å². The molecule has 0 aliphatic carbocycles. The van der Waals surface area contributed by atoms with Gasteiger partial charge >= 0.3 is 0 Å². The van der Waals surface area contributed by atoms with Gasteiger partial charge in [0.05, 0.1) is 12.1 Å². The molecule has 0 saturated carbocycles. The van der Waals surface area contributed by atoms with E-state index in [1.807, 2.05) is 84.9 Å². The minimum Gasteiger partial charge on any atom is -0.345 e. The van der Waals surface area contributed by atoms with Gasteiger partial charge in [0.25, 0.3) is 11.8 Å². The molecule has 0 fully saturated rings. The van der Waals surface area contributed by atoms with Crippen LogP contribution < -0.4 is 21.3 Å². The summed E-state index contributed by atoms with van der Waals surface area (Å²) in [6, 6.07) is 29.0. The van der Waals surface area contributed by atoms with Gasteiger partial charge in [-0.1, -0.05) is 113 Å². The van der Waals surface area contributed by atoms with E-state index in [1.54, 1.807) is 24.3 Å². The topological polar surface area (TPSA) is 116 Å². The van der Waals surface area contributed by atoms with Crippen molar-refractivity contribution in [2.45, 2.75) is 52.6 Å². The smallest absolute Gasteiger partial charge is 0.252 e. The highest BCUT2D eigenvalue weighted by Gasteiger charge is 2.33. The molecule has 8 heteroatoms. The van der Waals surface area contributed by atoms with Crippen LogP contribution in [0.25, 0.3) is 22.3 Å². The Morgan fingerprint density at radius 3 is 1.24 bits per heavy atom. The Morgan fingerprint density at radius 2 is 0.880 bits per heavy atom. The van der Waals surface area contributed by atoms with E-state index in [9.17, 15) is 19.2 Å². The normalized spacial score (nSPS) is 19.4. The van der Waals surface area contributed by atoms with E-state index in [1.165, 1.54) is 0 Å². The quantitative estimate of drug-likeness (QED) is 0.137. The summed E-state index contributed by atoms with van der Waals surface area (Å²) in [7, 11) is 0. The number of rotatable bonds is 9. The zero-order chi connectivity index (χ0) is 35.4. The van der Waals surface area contributed by atoms with Crippen LogP contribution in [0.5, 0.6) is 0 Å². The summed E-state index contributed by atoms with van der Waals surface area (Å²) in [6.07, 6.45) is 4.82. The number of hydrogen-bond donors (Lipinski definition) is 4. The van der Waals surface area contributed by atoms with Crippen LogP contribution in [-0.2, 0) is 9.59 Å². The number of para-hydroxylation sites is 2. The van der Waals surface area contributed by atoms with Crippen molar-refractivity contribution in [3.05, 3.63) is 131 Å². The molecule has 2 aliphatic heterocycles. The van der Waals surface area contributed by atoms with E-state index >= 15 is 0 Å². The van der Waals surface area contributed by atoms with Crippen molar-refractivity contribution >= 4 is 46.1 Å². The first-order valence-corrected chi connectivity index (χ1v) is 17.2. The van der Waals surface area contributed by atoms with Gasteiger partial charge in [-0.15, -0.1) is 0 Å². The average molecular weight is 667 g/mol. The molecule has 2 aliphatic rings. The lowest BCUT2D eigenvalue weighted by atomic mass is 9.82. The van der Waals surface area contributed by atoms with Crippen molar-refractivity contribution in [3.8, 4) is 11.1 Å². The molecule has 4 atom stereocenters. The molecular formula is C42H42N4O4. The molecule has 4 N–H and O–H groups in total. The Morgan fingerprint density at radius 1 is 0.560 bits per heavy atom. The third kappa shape index (κ3) is 6.87. The number of hydrogen-bond acceptors (Lipinski definition) is 4. The molecule has 8 nitrogen and oxygen atoms in total. The van der Waals surface area contributed by atoms with E-state index in [4.69, 9.17) is 0 Å². The van der Waals surface area contributed by atoms with Crippen LogP contribution in [0.4, 0.5) is 11.4 Å².